The van der Waals surface area contributed by atoms with E-state index in [4.69, 9.17) is 9.47 Å². The number of carbonyl (C=O) groups excluding carboxylic acids is 1. The number of hydrogen-bond donors (Lipinski definition) is 1. The second-order valence-electron chi connectivity index (χ2n) is 5.95. The van der Waals surface area contributed by atoms with E-state index >= 15 is 0 Å². The van der Waals surface area contributed by atoms with Gasteiger partial charge in [0.15, 0.2) is 5.69 Å². The predicted octanol–water partition coefficient (Wildman–Crippen LogP) is 4.29. The van der Waals surface area contributed by atoms with Crippen molar-refractivity contribution < 1.29 is 27.4 Å². The third-order valence-corrected chi connectivity index (χ3v) is 4.12. The number of halogens is 3. The van der Waals surface area contributed by atoms with Crippen LogP contribution >= 0.6 is 0 Å². The number of esters is 1. The van der Waals surface area contributed by atoms with Crippen molar-refractivity contribution >= 4 is 11.7 Å². The normalized spacial score (nSPS) is 11.4. The molecular weight excluding hydrogens is 375 g/mol. The highest BCUT2D eigenvalue weighted by molar-refractivity contribution is 5.92. The summed E-state index contributed by atoms with van der Waals surface area (Å²) in [6.07, 6.45) is -3.79. The molecule has 0 bridgehead atoms. The number of methoxy groups -OCH3 is 1. The molecule has 0 fully saturated rings. The molecule has 2 rings (SSSR count). The number of ether oxygens (including phenoxy) is 2. The molecule has 0 aliphatic heterocycles. The number of anilines is 1. The van der Waals surface area contributed by atoms with Crippen LogP contribution < -0.4 is 10.1 Å². The van der Waals surface area contributed by atoms with E-state index in [2.05, 4.69) is 10.4 Å². The van der Waals surface area contributed by atoms with Crippen molar-refractivity contribution in [2.24, 2.45) is 0 Å². The lowest BCUT2D eigenvalue weighted by Gasteiger charge is -2.15. The third kappa shape index (κ3) is 4.76. The van der Waals surface area contributed by atoms with Crippen molar-refractivity contribution in [3.05, 3.63) is 29.5 Å². The van der Waals surface area contributed by atoms with Crippen LogP contribution in [-0.2, 0) is 17.7 Å². The van der Waals surface area contributed by atoms with Crippen molar-refractivity contribution in [1.29, 1.82) is 0 Å². The van der Waals surface area contributed by atoms with Gasteiger partial charge in [0.1, 0.15) is 12.3 Å². The molecule has 154 valence electrons. The monoisotopic (exact) mass is 399 g/mol. The summed E-state index contributed by atoms with van der Waals surface area (Å²) in [5.74, 6) is -0.123. The molecule has 1 heterocycles. The molecule has 0 radical (unpaired) electrons. The van der Waals surface area contributed by atoms with Gasteiger partial charge in [-0.25, -0.2) is 4.79 Å². The first-order valence-electron chi connectivity index (χ1n) is 9.01. The molecule has 0 amide bonds. The Morgan fingerprint density at radius 1 is 1.25 bits per heavy atom. The summed E-state index contributed by atoms with van der Waals surface area (Å²) in [5, 5.41) is 6.72. The second kappa shape index (κ2) is 8.99. The van der Waals surface area contributed by atoms with Crippen LogP contribution in [0.3, 0.4) is 0 Å². The molecule has 2 aromatic rings. The van der Waals surface area contributed by atoms with Gasteiger partial charge in [-0.15, -0.1) is 0 Å². The van der Waals surface area contributed by atoms with Gasteiger partial charge in [0, 0.05) is 29.4 Å². The summed E-state index contributed by atoms with van der Waals surface area (Å²) >= 11 is 0. The highest BCUT2D eigenvalue weighted by Gasteiger charge is 2.27. The summed E-state index contributed by atoms with van der Waals surface area (Å²) in [4.78, 5) is 12.3. The number of rotatable bonds is 8. The Morgan fingerprint density at radius 2 is 1.96 bits per heavy atom. The predicted molar refractivity (Wildman–Crippen MR) is 99.8 cm³/mol. The molecule has 1 aromatic carbocycles. The molecule has 0 unspecified atom stereocenters. The molecule has 0 atom stereocenters. The lowest BCUT2D eigenvalue weighted by atomic mass is 10.0. The Kier molecular flexibility index (Phi) is 6.93. The van der Waals surface area contributed by atoms with E-state index in [-0.39, 0.29) is 18.0 Å². The first-order valence-corrected chi connectivity index (χ1v) is 9.01. The lowest BCUT2D eigenvalue weighted by molar-refractivity contribution is -0.115. The van der Waals surface area contributed by atoms with Crippen molar-refractivity contribution in [2.45, 2.75) is 39.9 Å². The van der Waals surface area contributed by atoms with Crippen LogP contribution in [0.1, 0.15) is 36.8 Å². The highest BCUT2D eigenvalue weighted by atomic mass is 19.4. The van der Waals surface area contributed by atoms with E-state index < -0.39 is 18.7 Å². The average molecular weight is 399 g/mol. The first kappa shape index (κ1) is 21.6. The van der Waals surface area contributed by atoms with Gasteiger partial charge in [0.25, 0.3) is 0 Å². The Hall–Kier alpha value is -2.71. The van der Waals surface area contributed by atoms with E-state index in [1.54, 1.807) is 23.7 Å². The van der Waals surface area contributed by atoms with Crippen molar-refractivity contribution in [3.63, 3.8) is 0 Å². The third-order valence-electron chi connectivity index (χ3n) is 4.12. The van der Waals surface area contributed by atoms with Gasteiger partial charge >= 0.3 is 12.1 Å². The molecule has 28 heavy (non-hydrogen) atoms. The number of nitrogens with zero attached hydrogens (tertiary/aromatic N) is 2. The van der Waals surface area contributed by atoms with Crippen LogP contribution in [0.25, 0.3) is 11.3 Å². The van der Waals surface area contributed by atoms with Crippen molar-refractivity contribution in [2.75, 3.05) is 25.6 Å². The summed E-state index contributed by atoms with van der Waals surface area (Å²) < 4.78 is 49.6. The number of carbonyl (C=O) groups is 1. The van der Waals surface area contributed by atoms with Crippen LogP contribution in [0.15, 0.2) is 18.2 Å². The Labute approximate surface area is 161 Å². The molecule has 1 N–H and O–H groups in total. The molecule has 0 saturated heterocycles. The smallest absolute Gasteiger partial charge is 0.405 e. The molecule has 0 spiro atoms. The first-order chi connectivity index (χ1) is 13.3. The minimum Gasteiger partial charge on any atom is -0.496 e. The minimum atomic E-state index is -4.32. The van der Waals surface area contributed by atoms with E-state index in [0.717, 1.165) is 0 Å². The van der Waals surface area contributed by atoms with E-state index in [0.29, 0.717) is 35.5 Å². The largest absolute Gasteiger partial charge is 0.496 e. The van der Waals surface area contributed by atoms with Crippen LogP contribution in [0, 0.1) is 0 Å². The van der Waals surface area contributed by atoms with E-state index in [1.807, 2.05) is 13.8 Å². The number of aryl methyl sites for hydroxylation is 1. The van der Waals surface area contributed by atoms with Crippen LogP contribution in [0.4, 0.5) is 18.9 Å². The fraction of sp³-hybridized carbons (Fsp3) is 0.474. The van der Waals surface area contributed by atoms with Crippen molar-refractivity contribution in [1.82, 2.24) is 9.78 Å². The SMILES string of the molecule is CCOC(=O)c1nn(CC)c(-c2ccc(NCC(F)(F)F)cc2OC)c1CC. The lowest BCUT2D eigenvalue weighted by Crippen LogP contribution is -2.21. The van der Waals surface area contributed by atoms with Gasteiger partial charge in [-0.05, 0) is 32.4 Å². The average Bonchev–Trinajstić information content (AvgIpc) is 3.04. The molecule has 0 aliphatic rings. The second-order valence-corrected chi connectivity index (χ2v) is 5.95. The number of benzene rings is 1. The summed E-state index contributed by atoms with van der Waals surface area (Å²) in [6, 6.07) is 4.70. The molecule has 9 heteroatoms. The zero-order valence-electron chi connectivity index (χ0n) is 16.3. The van der Waals surface area contributed by atoms with E-state index in [1.165, 1.54) is 13.2 Å². The molecular formula is C19H24F3N3O3. The quantitative estimate of drug-likeness (QED) is 0.671. The highest BCUT2D eigenvalue weighted by Crippen LogP contribution is 2.36. The van der Waals surface area contributed by atoms with Crippen LogP contribution in [-0.4, -0.2) is 42.2 Å². The summed E-state index contributed by atoms with van der Waals surface area (Å²) in [7, 11) is 1.44. The molecule has 0 saturated carbocycles. The maximum atomic E-state index is 12.5. The van der Waals surface area contributed by atoms with Gasteiger partial charge < -0.3 is 14.8 Å². The topological polar surface area (TPSA) is 65.4 Å². The van der Waals surface area contributed by atoms with Gasteiger partial charge in [-0.1, -0.05) is 6.92 Å². The van der Waals surface area contributed by atoms with Crippen LogP contribution in [0.5, 0.6) is 5.75 Å². The number of hydrogen-bond acceptors (Lipinski definition) is 5. The molecule has 6 nitrogen and oxygen atoms in total. The maximum absolute atomic E-state index is 12.5. The number of aromatic nitrogens is 2. The zero-order valence-corrected chi connectivity index (χ0v) is 16.3. The van der Waals surface area contributed by atoms with E-state index in [9.17, 15) is 18.0 Å². The Balaban J connectivity index is 2.52. The van der Waals surface area contributed by atoms with Gasteiger partial charge in [0.05, 0.1) is 19.4 Å². The molecule has 1 aromatic heterocycles. The zero-order chi connectivity index (χ0) is 20.9. The van der Waals surface area contributed by atoms with Gasteiger partial charge in [-0.3, -0.25) is 4.68 Å². The fourth-order valence-corrected chi connectivity index (χ4v) is 2.93. The Bertz CT molecular complexity index is 832. The maximum Gasteiger partial charge on any atom is 0.405 e. The fourth-order valence-electron chi connectivity index (χ4n) is 2.93. The van der Waals surface area contributed by atoms with Gasteiger partial charge in [0.2, 0.25) is 0 Å². The summed E-state index contributed by atoms with van der Waals surface area (Å²) in [6.45, 7) is 5.09. The number of alkyl halides is 3. The molecule has 0 aliphatic carbocycles. The summed E-state index contributed by atoms with van der Waals surface area (Å²) in [5.41, 5.74) is 2.55. The van der Waals surface area contributed by atoms with Crippen molar-refractivity contribution in [3.8, 4) is 17.0 Å². The minimum absolute atomic E-state index is 0.235. The van der Waals surface area contributed by atoms with Crippen LogP contribution in [0.2, 0.25) is 0 Å². The Morgan fingerprint density at radius 3 is 2.50 bits per heavy atom. The van der Waals surface area contributed by atoms with Gasteiger partial charge in [-0.2, -0.15) is 18.3 Å². The standard InChI is InChI=1S/C19H24F3N3O3/c1-5-13-16(18(26)28-7-3)24-25(6-2)17(13)14-9-8-12(10-15(14)27-4)23-11-19(20,21)22/h8-10,23H,5-7,11H2,1-4H3. The number of nitrogens with one attached hydrogen (secondary N) is 1.